The Hall–Kier alpha value is -3.86. The number of rotatable bonds is 5. The lowest BCUT2D eigenvalue weighted by molar-refractivity contribution is -0.113. The number of methoxy groups -OCH3 is 2. The molecule has 0 aliphatic carbocycles. The smallest absolute Gasteiger partial charge is 0.345 e. The maximum atomic E-state index is 13.1. The third-order valence-electron chi connectivity index (χ3n) is 5.74. The first-order valence-corrected chi connectivity index (χ1v) is 11.8. The van der Waals surface area contributed by atoms with Gasteiger partial charge in [0, 0.05) is 37.5 Å². The van der Waals surface area contributed by atoms with Crippen LogP contribution in [-0.2, 0) is 21.4 Å². The van der Waals surface area contributed by atoms with Crippen LogP contribution < -0.4 is 14.8 Å². The van der Waals surface area contributed by atoms with Crippen molar-refractivity contribution >= 4 is 33.4 Å². The second-order valence-corrected chi connectivity index (χ2v) is 9.45. The lowest BCUT2D eigenvalue weighted by Gasteiger charge is -2.26. The van der Waals surface area contributed by atoms with E-state index in [9.17, 15) is 18.0 Å². The predicted molar refractivity (Wildman–Crippen MR) is 127 cm³/mol. The van der Waals surface area contributed by atoms with Crippen LogP contribution in [0.3, 0.4) is 0 Å². The van der Waals surface area contributed by atoms with Crippen LogP contribution in [0.1, 0.15) is 21.5 Å². The number of fused-ring (bicyclic) bond motifs is 1. The van der Waals surface area contributed by atoms with Crippen molar-refractivity contribution in [2.75, 3.05) is 40.2 Å². The largest absolute Gasteiger partial charge is 0.493 e. The zero-order valence-electron chi connectivity index (χ0n) is 19.2. The Balaban J connectivity index is 1.65. The van der Waals surface area contributed by atoms with Crippen LogP contribution in [0.5, 0.6) is 11.5 Å². The fraction of sp³-hybridized carbons (Fsp3) is 0.261. The van der Waals surface area contributed by atoms with Gasteiger partial charge in [-0.1, -0.05) is 0 Å². The second kappa shape index (κ2) is 8.82. The van der Waals surface area contributed by atoms with Gasteiger partial charge in [-0.05, 0) is 54.5 Å². The first-order chi connectivity index (χ1) is 16.1. The van der Waals surface area contributed by atoms with E-state index < -0.39 is 16.1 Å². The Bertz CT molecular complexity index is 1350. The summed E-state index contributed by atoms with van der Waals surface area (Å²) in [6.45, 7) is 0.584. The molecule has 2 aromatic rings. The third-order valence-corrected chi connectivity index (χ3v) is 7.06. The monoisotopic (exact) mass is 484 g/mol. The van der Waals surface area contributed by atoms with Gasteiger partial charge >= 0.3 is 10.2 Å². The molecule has 0 fully saturated rings. The summed E-state index contributed by atoms with van der Waals surface area (Å²) in [7, 11) is 1.82. The molecule has 34 heavy (non-hydrogen) atoms. The Labute approximate surface area is 197 Å². The van der Waals surface area contributed by atoms with Gasteiger partial charge in [-0.25, -0.2) is 4.31 Å². The molecule has 0 saturated heterocycles. The fourth-order valence-corrected chi connectivity index (χ4v) is 4.69. The van der Waals surface area contributed by atoms with E-state index in [-0.39, 0.29) is 17.3 Å². The molecule has 2 aliphatic heterocycles. The molecule has 10 nitrogen and oxygen atoms in total. The first kappa shape index (κ1) is 23.3. The number of carbonyl (C=O) groups excluding carboxylic acids is 2. The molecule has 11 heteroatoms. The standard InChI is InChI=1S/C23H24N4O6S/c1-26-10-9-14-11-16(6-7-17(14)23(26)29)24-22(28)19-13-18(25-34(30,31)27(19)2)15-5-8-20(32-3)21(12-15)33-4/h5-8,11-13H,9-10H2,1-4H3,(H,24,28). The second-order valence-electron chi connectivity index (χ2n) is 7.82. The molecule has 0 spiro atoms. The molecule has 4 rings (SSSR count). The molecule has 2 aromatic carbocycles. The summed E-state index contributed by atoms with van der Waals surface area (Å²) >= 11 is 0. The van der Waals surface area contributed by atoms with E-state index in [0.29, 0.717) is 41.3 Å². The number of likely N-dealkylation sites (N-methyl/N-ethyl adjacent to an activating group) is 2. The van der Waals surface area contributed by atoms with Crippen molar-refractivity contribution in [2.24, 2.45) is 4.40 Å². The number of carbonyl (C=O) groups is 2. The Morgan fingerprint density at radius 1 is 1.06 bits per heavy atom. The highest BCUT2D eigenvalue weighted by molar-refractivity contribution is 7.88. The van der Waals surface area contributed by atoms with Crippen molar-refractivity contribution in [1.82, 2.24) is 9.21 Å². The van der Waals surface area contributed by atoms with E-state index in [4.69, 9.17) is 9.47 Å². The van der Waals surface area contributed by atoms with Gasteiger partial charge in [0.1, 0.15) is 5.70 Å². The number of nitrogens with zero attached hydrogens (tertiary/aromatic N) is 3. The van der Waals surface area contributed by atoms with Gasteiger partial charge in [0.15, 0.2) is 11.5 Å². The van der Waals surface area contributed by atoms with Crippen molar-refractivity contribution in [1.29, 1.82) is 0 Å². The Kier molecular flexibility index (Phi) is 6.05. The quantitative estimate of drug-likeness (QED) is 0.692. The summed E-state index contributed by atoms with van der Waals surface area (Å²) in [6.07, 6.45) is 2.06. The molecule has 1 N–H and O–H groups in total. The molecule has 178 valence electrons. The third kappa shape index (κ3) is 4.21. The van der Waals surface area contributed by atoms with E-state index >= 15 is 0 Å². The van der Waals surface area contributed by atoms with Crippen LogP contribution in [-0.4, -0.2) is 70.0 Å². The van der Waals surface area contributed by atoms with Crippen molar-refractivity contribution in [3.05, 3.63) is 64.9 Å². The molecule has 0 radical (unpaired) electrons. The van der Waals surface area contributed by atoms with Gasteiger partial charge < -0.3 is 19.7 Å². The summed E-state index contributed by atoms with van der Waals surface area (Å²) < 4.78 is 40.5. The maximum Gasteiger partial charge on any atom is 0.345 e. The predicted octanol–water partition coefficient (Wildman–Crippen LogP) is 1.83. The fourth-order valence-electron chi connectivity index (χ4n) is 3.77. The molecular formula is C23H24N4O6S. The van der Waals surface area contributed by atoms with Crippen LogP contribution >= 0.6 is 0 Å². The average molecular weight is 485 g/mol. The number of hydrogen-bond donors (Lipinski definition) is 1. The topological polar surface area (TPSA) is 118 Å². The number of hydrogen-bond acceptors (Lipinski definition) is 6. The number of amides is 2. The first-order valence-electron chi connectivity index (χ1n) is 10.4. The number of nitrogens with one attached hydrogen (secondary N) is 1. The van der Waals surface area contributed by atoms with Crippen LogP contribution in [0, 0.1) is 0 Å². The molecule has 2 heterocycles. The van der Waals surface area contributed by atoms with Crippen molar-refractivity contribution < 1.29 is 27.5 Å². The van der Waals surface area contributed by atoms with E-state index in [1.54, 1.807) is 48.3 Å². The minimum absolute atomic E-state index is 0.0734. The molecule has 2 amide bonds. The summed E-state index contributed by atoms with van der Waals surface area (Å²) in [5, 5.41) is 2.73. The van der Waals surface area contributed by atoms with Gasteiger partial charge in [0.2, 0.25) is 0 Å². The number of allylic oxidation sites excluding steroid dienone is 1. The molecule has 0 aromatic heterocycles. The van der Waals surface area contributed by atoms with E-state index in [1.165, 1.54) is 27.3 Å². The summed E-state index contributed by atoms with van der Waals surface area (Å²) in [6, 6.07) is 9.86. The summed E-state index contributed by atoms with van der Waals surface area (Å²) in [4.78, 5) is 27.0. The van der Waals surface area contributed by atoms with Gasteiger partial charge in [-0.15, -0.1) is 4.40 Å². The molecule has 0 atom stereocenters. The maximum absolute atomic E-state index is 13.1. The number of ether oxygens (including phenoxy) is 2. The van der Waals surface area contributed by atoms with E-state index in [2.05, 4.69) is 9.71 Å². The number of anilines is 1. The van der Waals surface area contributed by atoms with Crippen molar-refractivity contribution in [3.63, 3.8) is 0 Å². The molecule has 2 aliphatic rings. The SMILES string of the molecule is COc1ccc(C2=NS(=O)(=O)N(C)C(C(=O)Nc3ccc4c(c3)CCN(C)C4=O)=C2)cc1OC. The zero-order chi connectivity index (χ0) is 24.6. The minimum Gasteiger partial charge on any atom is -0.493 e. The van der Waals surface area contributed by atoms with Crippen LogP contribution in [0.2, 0.25) is 0 Å². The van der Waals surface area contributed by atoms with Crippen molar-refractivity contribution in [2.45, 2.75) is 6.42 Å². The highest BCUT2D eigenvalue weighted by atomic mass is 32.2. The molecule has 0 saturated carbocycles. The van der Waals surface area contributed by atoms with Crippen LogP contribution in [0.25, 0.3) is 0 Å². The highest BCUT2D eigenvalue weighted by Crippen LogP contribution is 2.30. The lowest BCUT2D eigenvalue weighted by atomic mass is 9.98. The Morgan fingerprint density at radius 2 is 1.79 bits per heavy atom. The van der Waals surface area contributed by atoms with Crippen molar-refractivity contribution in [3.8, 4) is 11.5 Å². The molecular weight excluding hydrogens is 460 g/mol. The van der Waals surface area contributed by atoms with Crippen LogP contribution in [0.15, 0.2) is 52.6 Å². The number of benzene rings is 2. The van der Waals surface area contributed by atoms with Gasteiger partial charge in [-0.2, -0.15) is 8.42 Å². The van der Waals surface area contributed by atoms with E-state index in [1.807, 2.05) is 0 Å². The highest BCUT2D eigenvalue weighted by Gasteiger charge is 2.31. The summed E-state index contributed by atoms with van der Waals surface area (Å²) in [5.74, 6) is 0.170. The Morgan fingerprint density at radius 3 is 2.50 bits per heavy atom. The lowest BCUT2D eigenvalue weighted by Crippen LogP contribution is -2.36. The minimum atomic E-state index is -4.14. The zero-order valence-corrected chi connectivity index (χ0v) is 20.0. The normalized spacial score (nSPS) is 16.9. The molecule has 0 unspecified atom stereocenters. The van der Waals surface area contributed by atoms with Gasteiger partial charge in [0.05, 0.1) is 19.9 Å². The van der Waals surface area contributed by atoms with E-state index in [0.717, 1.165) is 9.87 Å². The average Bonchev–Trinajstić information content (AvgIpc) is 2.82. The molecule has 0 bridgehead atoms. The van der Waals surface area contributed by atoms with Gasteiger partial charge in [0.25, 0.3) is 11.8 Å². The van der Waals surface area contributed by atoms with Gasteiger partial charge in [-0.3, -0.25) is 9.59 Å². The van der Waals surface area contributed by atoms with Crippen LogP contribution in [0.4, 0.5) is 5.69 Å². The summed E-state index contributed by atoms with van der Waals surface area (Å²) in [5.41, 5.74) is 2.30.